The minimum Gasteiger partial charge on any atom is -0.300 e. The van der Waals surface area contributed by atoms with Crippen LogP contribution < -0.4 is 0 Å². The highest BCUT2D eigenvalue weighted by atomic mass is 16.1. The second-order valence-electron chi connectivity index (χ2n) is 3.10. The molecule has 0 bridgehead atoms. The monoisotopic (exact) mass is 187 g/mol. The number of pyridine rings is 1. The molecule has 0 amide bonds. The Bertz CT molecular complexity index is 354. The Morgan fingerprint density at radius 2 is 1.64 bits per heavy atom. The van der Waals surface area contributed by atoms with Crippen molar-refractivity contribution in [2.24, 2.45) is 0 Å². The molecule has 1 aromatic heterocycles. The number of hydrogen-bond donors (Lipinski definition) is 0. The van der Waals surface area contributed by atoms with Crippen molar-refractivity contribution >= 4 is 16.7 Å². The second-order valence-corrected chi connectivity index (χ2v) is 3.10. The first-order valence-corrected chi connectivity index (χ1v) is 4.47. The van der Waals surface area contributed by atoms with Crippen LogP contribution in [0.25, 0.3) is 10.9 Å². The van der Waals surface area contributed by atoms with Crippen molar-refractivity contribution in [3.05, 3.63) is 42.6 Å². The molecule has 0 aliphatic carbocycles. The number of para-hydroxylation sites is 1. The molecule has 0 saturated heterocycles. The summed E-state index contributed by atoms with van der Waals surface area (Å²) >= 11 is 0. The van der Waals surface area contributed by atoms with Crippen molar-refractivity contribution in [1.29, 1.82) is 0 Å². The third kappa shape index (κ3) is 3.35. The molecule has 0 N–H and O–H groups in total. The van der Waals surface area contributed by atoms with Crippen LogP contribution in [-0.4, -0.2) is 10.8 Å². The Kier molecular flexibility index (Phi) is 3.80. The molecule has 72 valence electrons. The van der Waals surface area contributed by atoms with Gasteiger partial charge in [-0.05, 0) is 26.0 Å². The standard InChI is InChI=1S/C9H7N.C3H6O/c1-2-6-9-8(4-1)5-3-7-10-9;1-3(2)4/h1-7H;1-2H3. The molecule has 0 atom stereocenters. The summed E-state index contributed by atoms with van der Waals surface area (Å²) < 4.78 is 0. The fraction of sp³-hybridized carbons (Fsp3) is 0.167. The van der Waals surface area contributed by atoms with Gasteiger partial charge in [-0.15, -0.1) is 0 Å². The number of fused-ring (bicyclic) bond motifs is 1. The molecule has 0 aliphatic heterocycles. The van der Waals surface area contributed by atoms with Crippen LogP contribution in [0.1, 0.15) is 13.8 Å². The molecule has 0 saturated carbocycles. The topological polar surface area (TPSA) is 30.0 Å². The predicted octanol–water partition coefficient (Wildman–Crippen LogP) is 2.83. The van der Waals surface area contributed by atoms with E-state index in [1.807, 2.05) is 30.5 Å². The van der Waals surface area contributed by atoms with Gasteiger partial charge in [-0.3, -0.25) is 4.98 Å². The summed E-state index contributed by atoms with van der Waals surface area (Å²) in [4.78, 5) is 13.6. The van der Waals surface area contributed by atoms with Gasteiger partial charge in [0, 0.05) is 11.6 Å². The normalized spacial score (nSPS) is 9.00. The Labute approximate surface area is 83.6 Å². The second kappa shape index (κ2) is 5.12. The third-order valence-corrected chi connectivity index (χ3v) is 1.51. The number of ketones is 1. The van der Waals surface area contributed by atoms with E-state index in [-0.39, 0.29) is 5.78 Å². The van der Waals surface area contributed by atoms with E-state index in [2.05, 4.69) is 17.1 Å². The molecule has 0 unspecified atom stereocenters. The molecule has 0 radical (unpaired) electrons. The molecule has 2 heteroatoms. The first-order valence-electron chi connectivity index (χ1n) is 4.47. The number of hydrogen-bond acceptors (Lipinski definition) is 2. The van der Waals surface area contributed by atoms with Gasteiger partial charge in [-0.25, -0.2) is 0 Å². The molecular formula is C12H13NO. The van der Waals surface area contributed by atoms with E-state index >= 15 is 0 Å². The predicted molar refractivity (Wildman–Crippen MR) is 58.1 cm³/mol. The fourth-order valence-electron chi connectivity index (χ4n) is 1.02. The van der Waals surface area contributed by atoms with Gasteiger partial charge in [0.25, 0.3) is 0 Å². The summed E-state index contributed by atoms with van der Waals surface area (Å²) in [7, 11) is 0. The number of carbonyl (C=O) groups excluding carboxylic acids is 1. The van der Waals surface area contributed by atoms with E-state index in [0.29, 0.717) is 0 Å². The lowest BCUT2D eigenvalue weighted by Gasteiger charge is -1.91. The van der Waals surface area contributed by atoms with E-state index in [9.17, 15) is 4.79 Å². The number of nitrogens with zero attached hydrogens (tertiary/aromatic N) is 1. The highest BCUT2D eigenvalue weighted by Gasteiger charge is 1.86. The first kappa shape index (κ1) is 10.4. The van der Waals surface area contributed by atoms with Crippen LogP contribution in [0, 0.1) is 0 Å². The number of benzene rings is 1. The summed E-state index contributed by atoms with van der Waals surface area (Å²) in [5.41, 5.74) is 1.06. The molecule has 14 heavy (non-hydrogen) atoms. The Morgan fingerprint density at radius 1 is 1.07 bits per heavy atom. The molecule has 0 aliphatic rings. The lowest BCUT2D eigenvalue weighted by Crippen LogP contribution is -1.73. The average molecular weight is 187 g/mol. The lowest BCUT2D eigenvalue weighted by molar-refractivity contribution is -0.114. The van der Waals surface area contributed by atoms with Crippen LogP contribution >= 0.6 is 0 Å². The molecule has 2 aromatic rings. The maximum absolute atomic E-state index is 9.44. The molecule has 2 rings (SSSR count). The summed E-state index contributed by atoms with van der Waals surface area (Å²) in [6.07, 6.45) is 1.81. The van der Waals surface area contributed by atoms with E-state index in [4.69, 9.17) is 0 Å². The third-order valence-electron chi connectivity index (χ3n) is 1.51. The van der Waals surface area contributed by atoms with Crippen molar-refractivity contribution in [2.45, 2.75) is 13.8 Å². The van der Waals surface area contributed by atoms with Gasteiger partial charge in [-0.2, -0.15) is 0 Å². The quantitative estimate of drug-likeness (QED) is 0.634. The minimum absolute atomic E-state index is 0.167. The van der Waals surface area contributed by atoms with Gasteiger partial charge in [0.1, 0.15) is 5.78 Å². The Balaban J connectivity index is 0.000000213. The van der Waals surface area contributed by atoms with Crippen LogP contribution in [-0.2, 0) is 4.79 Å². The van der Waals surface area contributed by atoms with E-state index < -0.39 is 0 Å². The van der Waals surface area contributed by atoms with Crippen LogP contribution in [0.2, 0.25) is 0 Å². The zero-order valence-electron chi connectivity index (χ0n) is 8.40. The molecule has 0 fully saturated rings. The molecule has 2 nitrogen and oxygen atoms in total. The Morgan fingerprint density at radius 3 is 2.29 bits per heavy atom. The van der Waals surface area contributed by atoms with Gasteiger partial charge in [-0.1, -0.05) is 24.3 Å². The highest BCUT2D eigenvalue weighted by Crippen LogP contribution is 2.07. The van der Waals surface area contributed by atoms with Crippen molar-refractivity contribution in [2.75, 3.05) is 0 Å². The molecule has 1 aromatic carbocycles. The van der Waals surface area contributed by atoms with E-state index in [1.54, 1.807) is 0 Å². The van der Waals surface area contributed by atoms with E-state index in [0.717, 1.165) is 5.52 Å². The van der Waals surface area contributed by atoms with Crippen molar-refractivity contribution in [1.82, 2.24) is 4.98 Å². The van der Waals surface area contributed by atoms with Crippen molar-refractivity contribution in [3.63, 3.8) is 0 Å². The molecule has 0 spiro atoms. The van der Waals surface area contributed by atoms with Gasteiger partial charge in [0.15, 0.2) is 0 Å². The van der Waals surface area contributed by atoms with Gasteiger partial charge in [0.05, 0.1) is 5.52 Å². The minimum atomic E-state index is 0.167. The van der Waals surface area contributed by atoms with Crippen molar-refractivity contribution < 1.29 is 4.79 Å². The molecule has 1 heterocycles. The zero-order chi connectivity index (χ0) is 10.4. The smallest absolute Gasteiger partial charge is 0.126 e. The fourth-order valence-corrected chi connectivity index (χ4v) is 1.02. The highest BCUT2D eigenvalue weighted by molar-refractivity contribution is 5.77. The lowest BCUT2D eigenvalue weighted by atomic mass is 10.2. The zero-order valence-corrected chi connectivity index (χ0v) is 8.40. The summed E-state index contributed by atoms with van der Waals surface area (Å²) in [5.74, 6) is 0.167. The SMILES string of the molecule is CC(C)=O.c1ccc2ncccc2c1. The number of rotatable bonds is 0. The number of Topliss-reactive ketones (excluding diaryl/α,β-unsaturated/α-hetero) is 1. The average Bonchev–Trinajstić information content (AvgIpc) is 2.17. The molecular weight excluding hydrogens is 174 g/mol. The van der Waals surface area contributed by atoms with Crippen molar-refractivity contribution in [3.8, 4) is 0 Å². The maximum atomic E-state index is 9.44. The van der Waals surface area contributed by atoms with E-state index in [1.165, 1.54) is 19.2 Å². The summed E-state index contributed by atoms with van der Waals surface area (Å²) in [5, 5.41) is 1.20. The Hall–Kier alpha value is -1.70. The number of aromatic nitrogens is 1. The van der Waals surface area contributed by atoms with Crippen LogP contribution in [0.15, 0.2) is 42.6 Å². The van der Waals surface area contributed by atoms with Crippen LogP contribution in [0.4, 0.5) is 0 Å². The van der Waals surface area contributed by atoms with Gasteiger partial charge < -0.3 is 4.79 Å². The van der Waals surface area contributed by atoms with Crippen LogP contribution in [0.3, 0.4) is 0 Å². The number of carbonyl (C=O) groups is 1. The van der Waals surface area contributed by atoms with Crippen LogP contribution in [0.5, 0.6) is 0 Å². The van der Waals surface area contributed by atoms with Gasteiger partial charge >= 0.3 is 0 Å². The summed E-state index contributed by atoms with van der Waals surface area (Å²) in [6, 6.07) is 12.1. The first-order chi connectivity index (χ1) is 6.70. The largest absolute Gasteiger partial charge is 0.300 e. The maximum Gasteiger partial charge on any atom is 0.126 e. The summed E-state index contributed by atoms with van der Waals surface area (Å²) in [6.45, 7) is 3.06. The van der Waals surface area contributed by atoms with Gasteiger partial charge in [0.2, 0.25) is 0 Å².